The number of ether oxygens (including phenoxy) is 2. The monoisotopic (exact) mass is 448 g/mol. The molecule has 2 aliphatic rings. The van der Waals surface area contributed by atoms with Gasteiger partial charge in [0.15, 0.2) is 11.5 Å². The van der Waals surface area contributed by atoms with Crippen molar-refractivity contribution >= 4 is 15.9 Å². The third-order valence-electron chi connectivity index (χ3n) is 5.61. The number of halogens is 1. The number of carbonyl (C=O) groups is 1. The molecule has 0 aromatic heterocycles. The van der Waals surface area contributed by atoms with Gasteiger partial charge >= 0.3 is 0 Å². The first kappa shape index (κ1) is 21.6. The number of likely N-dealkylation sites (N-methyl/N-ethyl adjacent to an activating group) is 1. The zero-order valence-corrected chi connectivity index (χ0v) is 18.1. The second-order valence-corrected chi connectivity index (χ2v) is 9.76. The van der Waals surface area contributed by atoms with Crippen LogP contribution in [0, 0.1) is 5.82 Å². The van der Waals surface area contributed by atoms with Crippen LogP contribution in [0.5, 0.6) is 11.5 Å². The van der Waals surface area contributed by atoms with Crippen molar-refractivity contribution in [2.45, 2.75) is 30.2 Å². The topological polar surface area (TPSA) is 76.2 Å². The van der Waals surface area contributed by atoms with Gasteiger partial charge in [-0.15, -0.1) is 0 Å². The Morgan fingerprint density at radius 1 is 1.10 bits per heavy atom. The number of hydrogen-bond acceptors (Lipinski definition) is 5. The van der Waals surface area contributed by atoms with Gasteiger partial charge in [-0.25, -0.2) is 12.8 Å². The number of hydrogen-bond donors (Lipinski definition) is 0. The normalized spacial score (nSPS) is 18.8. The molecule has 0 aliphatic carbocycles. The lowest BCUT2D eigenvalue weighted by Gasteiger charge is -2.27. The molecule has 9 heteroatoms. The van der Waals surface area contributed by atoms with Crippen molar-refractivity contribution in [3.63, 3.8) is 0 Å². The van der Waals surface area contributed by atoms with Crippen molar-refractivity contribution < 1.29 is 27.1 Å². The minimum absolute atomic E-state index is 0.0509. The van der Waals surface area contributed by atoms with Gasteiger partial charge in [-0.05, 0) is 54.8 Å². The summed E-state index contributed by atoms with van der Waals surface area (Å²) in [7, 11) is -2.54. The molecule has 2 aromatic carbocycles. The first-order valence-electron chi connectivity index (χ1n) is 10.3. The largest absolute Gasteiger partial charge is 0.490 e. The maximum Gasteiger partial charge on any atom is 0.243 e. The summed E-state index contributed by atoms with van der Waals surface area (Å²) in [5, 5.41) is 0. The zero-order chi connectivity index (χ0) is 22.0. The average molecular weight is 449 g/mol. The van der Waals surface area contributed by atoms with Crippen LogP contribution in [-0.4, -0.2) is 56.9 Å². The summed E-state index contributed by atoms with van der Waals surface area (Å²) in [5.74, 6) is 0.572. The molecule has 2 heterocycles. The molecule has 2 aromatic rings. The van der Waals surface area contributed by atoms with Gasteiger partial charge in [0.1, 0.15) is 5.82 Å². The van der Waals surface area contributed by atoms with E-state index >= 15 is 0 Å². The van der Waals surface area contributed by atoms with Crippen molar-refractivity contribution in [3.8, 4) is 11.5 Å². The highest BCUT2D eigenvalue weighted by Crippen LogP contribution is 2.38. The van der Waals surface area contributed by atoms with Crippen LogP contribution in [0.4, 0.5) is 4.39 Å². The Bertz CT molecular complexity index is 1060. The Morgan fingerprint density at radius 3 is 2.55 bits per heavy atom. The van der Waals surface area contributed by atoms with Gasteiger partial charge in [0.2, 0.25) is 15.9 Å². The van der Waals surface area contributed by atoms with Crippen molar-refractivity contribution in [1.82, 2.24) is 9.21 Å². The lowest BCUT2D eigenvalue weighted by Crippen LogP contribution is -2.40. The molecule has 0 radical (unpaired) electrons. The number of benzene rings is 2. The van der Waals surface area contributed by atoms with Crippen LogP contribution < -0.4 is 9.47 Å². The lowest BCUT2D eigenvalue weighted by atomic mass is 10.0. The molecule has 0 spiro atoms. The van der Waals surface area contributed by atoms with Gasteiger partial charge in [0.25, 0.3) is 0 Å². The lowest BCUT2D eigenvalue weighted by molar-refractivity contribution is -0.132. The summed E-state index contributed by atoms with van der Waals surface area (Å²) < 4.78 is 51.1. The molecule has 0 saturated carbocycles. The number of likely N-dealkylation sites (tertiary alicyclic amines) is 1. The Hall–Kier alpha value is -2.65. The second kappa shape index (κ2) is 8.84. The Balaban J connectivity index is 1.49. The number of fused-ring (bicyclic) bond motifs is 1. The predicted molar refractivity (Wildman–Crippen MR) is 112 cm³/mol. The third kappa shape index (κ3) is 4.52. The minimum Gasteiger partial charge on any atom is -0.490 e. The zero-order valence-electron chi connectivity index (χ0n) is 17.3. The van der Waals surface area contributed by atoms with Gasteiger partial charge < -0.3 is 14.4 Å². The number of nitrogens with zero attached hydrogens (tertiary/aromatic N) is 2. The van der Waals surface area contributed by atoms with E-state index in [0.29, 0.717) is 31.3 Å². The first-order valence-corrected chi connectivity index (χ1v) is 11.7. The molecule has 166 valence electrons. The maximum atomic E-state index is 13.1. The predicted octanol–water partition coefficient (Wildman–Crippen LogP) is 2.97. The molecular formula is C22H25FN2O5S. The van der Waals surface area contributed by atoms with Gasteiger partial charge in [-0.1, -0.05) is 6.07 Å². The molecule has 1 atom stereocenters. The summed E-state index contributed by atoms with van der Waals surface area (Å²) in [5.41, 5.74) is 0.944. The average Bonchev–Trinajstić information content (AvgIpc) is 3.13. The Labute approximate surface area is 181 Å². The van der Waals surface area contributed by atoms with E-state index in [0.717, 1.165) is 41.3 Å². The van der Waals surface area contributed by atoms with Crippen LogP contribution in [0.2, 0.25) is 0 Å². The van der Waals surface area contributed by atoms with Gasteiger partial charge in [0.05, 0.1) is 30.7 Å². The van der Waals surface area contributed by atoms with E-state index in [1.807, 2.05) is 18.2 Å². The fourth-order valence-electron chi connectivity index (χ4n) is 3.95. The van der Waals surface area contributed by atoms with E-state index in [-0.39, 0.29) is 23.4 Å². The summed E-state index contributed by atoms with van der Waals surface area (Å²) in [6.45, 7) is 1.45. The molecular weight excluding hydrogens is 423 g/mol. The van der Waals surface area contributed by atoms with Crippen LogP contribution >= 0.6 is 0 Å². The van der Waals surface area contributed by atoms with E-state index in [2.05, 4.69) is 0 Å². The second-order valence-electron chi connectivity index (χ2n) is 7.72. The summed E-state index contributed by atoms with van der Waals surface area (Å²) in [4.78, 5) is 14.7. The highest BCUT2D eigenvalue weighted by molar-refractivity contribution is 7.89. The third-order valence-corrected chi connectivity index (χ3v) is 7.43. The van der Waals surface area contributed by atoms with E-state index in [4.69, 9.17) is 9.47 Å². The summed E-state index contributed by atoms with van der Waals surface area (Å²) in [6.07, 6.45) is 2.44. The molecule has 2 aliphatic heterocycles. The van der Waals surface area contributed by atoms with E-state index < -0.39 is 15.8 Å². The van der Waals surface area contributed by atoms with Crippen molar-refractivity contribution in [1.29, 1.82) is 0 Å². The molecule has 1 amide bonds. The molecule has 7 nitrogen and oxygen atoms in total. The molecule has 0 N–H and O–H groups in total. The SMILES string of the molecule is CN(CC(=O)N1CCCC1c1ccc2c(c1)OCCCO2)S(=O)(=O)c1ccc(F)cc1. The maximum absolute atomic E-state index is 13.1. The van der Waals surface area contributed by atoms with Crippen molar-refractivity contribution in [3.05, 3.63) is 53.8 Å². The molecule has 4 rings (SSSR count). The fraction of sp³-hybridized carbons (Fsp3) is 0.409. The Kier molecular flexibility index (Phi) is 6.15. The van der Waals surface area contributed by atoms with Crippen LogP contribution in [0.3, 0.4) is 0 Å². The van der Waals surface area contributed by atoms with E-state index in [1.165, 1.54) is 19.2 Å². The van der Waals surface area contributed by atoms with Crippen molar-refractivity contribution in [2.24, 2.45) is 0 Å². The molecule has 31 heavy (non-hydrogen) atoms. The summed E-state index contributed by atoms with van der Waals surface area (Å²) in [6, 6.07) is 10.1. The van der Waals surface area contributed by atoms with Crippen LogP contribution in [-0.2, 0) is 14.8 Å². The molecule has 1 saturated heterocycles. The number of carbonyl (C=O) groups excluding carboxylic acids is 1. The highest BCUT2D eigenvalue weighted by atomic mass is 32.2. The van der Waals surface area contributed by atoms with Gasteiger partial charge in [-0.2, -0.15) is 4.31 Å². The van der Waals surface area contributed by atoms with Crippen molar-refractivity contribution in [2.75, 3.05) is 33.4 Å². The number of rotatable bonds is 5. The first-order chi connectivity index (χ1) is 14.9. The van der Waals surface area contributed by atoms with E-state index in [9.17, 15) is 17.6 Å². The quantitative estimate of drug-likeness (QED) is 0.703. The number of amides is 1. The van der Waals surface area contributed by atoms with Crippen LogP contribution in [0.15, 0.2) is 47.4 Å². The number of sulfonamides is 1. The smallest absolute Gasteiger partial charge is 0.243 e. The fourth-order valence-corrected chi connectivity index (χ4v) is 5.07. The van der Waals surface area contributed by atoms with Gasteiger partial charge in [0, 0.05) is 20.0 Å². The molecule has 0 bridgehead atoms. The van der Waals surface area contributed by atoms with E-state index in [1.54, 1.807) is 4.90 Å². The Morgan fingerprint density at radius 2 is 1.81 bits per heavy atom. The molecule has 1 fully saturated rings. The van der Waals surface area contributed by atoms with Crippen LogP contribution in [0.1, 0.15) is 30.9 Å². The highest BCUT2D eigenvalue weighted by Gasteiger charge is 2.33. The molecule has 1 unspecified atom stereocenters. The van der Waals surface area contributed by atoms with Crippen LogP contribution in [0.25, 0.3) is 0 Å². The summed E-state index contributed by atoms with van der Waals surface area (Å²) >= 11 is 0. The minimum atomic E-state index is -3.90. The standard InChI is InChI=1S/C22H25FN2O5S/c1-24(31(27,28)18-8-6-17(23)7-9-18)15-22(26)25-11-2-4-19(25)16-5-10-20-21(14-16)30-13-3-12-29-20/h5-10,14,19H,2-4,11-13,15H2,1H3. The van der Waals surface area contributed by atoms with Gasteiger partial charge in [-0.3, -0.25) is 4.79 Å².